The molecule has 2 saturated heterocycles. The van der Waals surface area contributed by atoms with Gasteiger partial charge in [-0.05, 0) is 67.9 Å². The molecule has 0 radical (unpaired) electrons. The van der Waals surface area contributed by atoms with Crippen molar-refractivity contribution in [1.82, 2.24) is 15.1 Å². The van der Waals surface area contributed by atoms with Gasteiger partial charge in [-0.2, -0.15) is 0 Å². The van der Waals surface area contributed by atoms with E-state index in [1.165, 1.54) is 24.2 Å². The lowest BCUT2D eigenvalue weighted by Crippen LogP contribution is -2.47. The monoisotopic (exact) mass is 431 g/mol. The molecule has 2 amide bonds. The Labute approximate surface area is 180 Å². The fourth-order valence-corrected chi connectivity index (χ4v) is 5.24. The van der Waals surface area contributed by atoms with E-state index in [2.05, 4.69) is 16.3 Å². The Bertz CT molecular complexity index is 852. The van der Waals surface area contributed by atoms with Crippen molar-refractivity contribution in [3.05, 3.63) is 57.2 Å². The van der Waals surface area contributed by atoms with Crippen LogP contribution in [0.5, 0.6) is 0 Å². The molecule has 2 aromatic rings. The Kier molecular flexibility index (Phi) is 6.53. The molecule has 1 aromatic heterocycles. The van der Waals surface area contributed by atoms with Crippen molar-refractivity contribution < 1.29 is 9.59 Å². The van der Waals surface area contributed by atoms with Crippen LogP contribution in [0.1, 0.15) is 47.0 Å². The van der Waals surface area contributed by atoms with Gasteiger partial charge in [0.05, 0.1) is 10.9 Å². The van der Waals surface area contributed by atoms with Crippen LogP contribution in [0.15, 0.2) is 41.8 Å². The second kappa shape index (κ2) is 9.28. The summed E-state index contributed by atoms with van der Waals surface area (Å²) in [5.41, 5.74) is 1.12. The third-order valence-corrected chi connectivity index (χ3v) is 6.93. The first kappa shape index (κ1) is 20.4. The third kappa shape index (κ3) is 4.65. The lowest BCUT2D eigenvalue weighted by atomic mass is 10.1. The first-order valence-corrected chi connectivity index (χ1v) is 11.5. The van der Waals surface area contributed by atoms with Gasteiger partial charge in [-0.1, -0.05) is 29.8 Å². The van der Waals surface area contributed by atoms with Crippen LogP contribution in [0.25, 0.3) is 0 Å². The highest BCUT2D eigenvalue weighted by Crippen LogP contribution is 2.27. The minimum Gasteiger partial charge on any atom is -0.352 e. The molecule has 2 aliphatic heterocycles. The molecule has 7 heteroatoms. The third-order valence-electron chi connectivity index (χ3n) is 5.83. The molecule has 5 nitrogen and oxygen atoms in total. The van der Waals surface area contributed by atoms with Gasteiger partial charge in [0.15, 0.2) is 0 Å². The number of nitrogens with zero attached hydrogens (tertiary/aromatic N) is 2. The highest BCUT2D eigenvalue weighted by Gasteiger charge is 2.35. The number of likely N-dealkylation sites (tertiary alicyclic amines) is 2. The summed E-state index contributed by atoms with van der Waals surface area (Å²) < 4.78 is 0. The molecule has 0 saturated carbocycles. The molecule has 0 aliphatic carbocycles. The highest BCUT2D eigenvalue weighted by atomic mass is 35.5. The number of amides is 2. The minimum absolute atomic E-state index is 0.0383. The van der Waals surface area contributed by atoms with Gasteiger partial charge in [0.1, 0.15) is 6.04 Å². The van der Waals surface area contributed by atoms with Crippen molar-refractivity contribution in [1.29, 1.82) is 0 Å². The minimum atomic E-state index is -0.386. The molecule has 1 aromatic carbocycles. The fraction of sp³-hybridized carbons (Fsp3) is 0.455. The Balaban J connectivity index is 1.44. The molecule has 3 heterocycles. The van der Waals surface area contributed by atoms with Crippen LogP contribution >= 0.6 is 22.9 Å². The molecule has 0 bridgehead atoms. The summed E-state index contributed by atoms with van der Waals surface area (Å²) in [4.78, 5) is 30.6. The van der Waals surface area contributed by atoms with Crippen molar-refractivity contribution in [2.24, 2.45) is 0 Å². The van der Waals surface area contributed by atoms with E-state index in [1.807, 2.05) is 35.7 Å². The normalized spacial score (nSPS) is 20.7. The Morgan fingerprint density at radius 1 is 1.14 bits per heavy atom. The Morgan fingerprint density at radius 3 is 2.69 bits per heavy atom. The number of carbonyl (C=O) groups is 2. The van der Waals surface area contributed by atoms with Crippen molar-refractivity contribution in [2.45, 2.75) is 37.8 Å². The maximum absolute atomic E-state index is 13.0. The standard InChI is InChI=1S/C22H26ClN3O2S/c23-17-7-3-6-16(14-17)19(25-10-1-2-11-25)15-24-21(27)18-8-4-12-26(18)22(28)20-9-5-13-29-20/h3,5-7,9,13-14,18-19H,1-2,4,8,10-12,15H2,(H,24,27)/t18-,19?/m0/s1. The number of hydrogen-bond acceptors (Lipinski definition) is 4. The fourth-order valence-electron chi connectivity index (χ4n) is 4.36. The number of rotatable bonds is 6. The topological polar surface area (TPSA) is 52.7 Å². The lowest BCUT2D eigenvalue weighted by molar-refractivity contribution is -0.125. The van der Waals surface area contributed by atoms with Crippen LogP contribution < -0.4 is 5.32 Å². The average molecular weight is 432 g/mol. The van der Waals surface area contributed by atoms with Crippen LogP contribution in [0, 0.1) is 0 Å². The maximum Gasteiger partial charge on any atom is 0.264 e. The predicted octanol–water partition coefficient (Wildman–Crippen LogP) is 3.96. The van der Waals surface area contributed by atoms with Crippen molar-refractivity contribution >= 4 is 34.8 Å². The number of nitrogens with one attached hydrogen (secondary N) is 1. The molecule has 29 heavy (non-hydrogen) atoms. The van der Waals surface area contributed by atoms with Gasteiger partial charge in [0.25, 0.3) is 5.91 Å². The van der Waals surface area contributed by atoms with E-state index in [-0.39, 0.29) is 23.9 Å². The van der Waals surface area contributed by atoms with Crippen LogP contribution in [-0.4, -0.2) is 53.8 Å². The zero-order chi connectivity index (χ0) is 20.2. The first-order chi connectivity index (χ1) is 14.1. The summed E-state index contributed by atoms with van der Waals surface area (Å²) in [7, 11) is 0. The van der Waals surface area contributed by atoms with Crippen molar-refractivity contribution in [3.8, 4) is 0 Å². The molecule has 2 aliphatic rings. The van der Waals surface area contributed by atoms with Crippen LogP contribution in [0.4, 0.5) is 0 Å². The quantitative estimate of drug-likeness (QED) is 0.753. The maximum atomic E-state index is 13.0. The Hall–Kier alpha value is -1.89. The molecule has 2 atom stereocenters. The molecule has 0 spiro atoms. The van der Waals surface area contributed by atoms with E-state index >= 15 is 0 Å². The molecule has 154 valence electrons. The summed E-state index contributed by atoms with van der Waals surface area (Å²) in [6, 6.07) is 11.3. The van der Waals surface area contributed by atoms with Gasteiger partial charge in [-0.15, -0.1) is 11.3 Å². The van der Waals surface area contributed by atoms with Crippen LogP contribution in [-0.2, 0) is 4.79 Å². The zero-order valence-electron chi connectivity index (χ0n) is 16.4. The second-order valence-corrected chi connectivity index (χ2v) is 9.08. The zero-order valence-corrected chi connectivity index (χ0v) is 17.9. The summed E-state index contributed by atoms with van der Waals surface area (Å²) >= 11 is 7.64. The lowest BCUT2D eigenvalue weighted by Gasteiger charge is -2.30. The van der Waals surface area contributed by atoms with E-state index in [0.29, 0.717) is 29.4 Å². The van der Waals surface area contributed by atoms with Crippen molar-refractivity contribution in [3.63, 3.8) is 0 Å². The van der Waals surface area contributed by atoms with E-state index < -0.39 is 0 Å². The van der Waals surface area contributed by atoms with Gasteiger partial charge >= 0.3 is 0 Å². The largest absolute Gasteiger partial charge is 0.352 e. The van der Waals surface area contributed by atoms with Gasteiger partial charge in [0, 0.05) is 18.1 Å². The van der Waals surface area contributed by atoms with Crippen LogP contribution in [0.2, 0.25) is 5.02 Å². The number of hydrogen-bond donors (Lipinski definition) is 1. The number of halogens is 1. The van der Waals surface area contributed by atoms with Gasteiger partial charge in [0.2, 0.25) is 5.91 Å². The summed E-state index contributed by atoms with van der Waals surface area (Å²) in [6.45, 7) is 3.22. The van der Waals surface area contributed by atoms with E-state index in [1.54, 1.807) is 4.90 Å². The summed E-state index contributed by atoms with van der Waals surface area (Å²) in [5, 5.41) is 5.74. The molecule has 1 N–H and O–H groups in total. The number of carbonyl (C=O) groups excluding carboxylic acids is 2. The molecule has 4 rings (SSSR count). The van der Waals surface area contributed by atoms with E-state index in [4.69, 9.17) is 11.6 Å². The van der Waals surface area contributed by atoms with E-state index in [9.17, 15) is 9.59 Å². The molecular formula is C22H26ClN3O2S. The summed E-state index contributed by atoms with van der Waals surface area (Å²) in [6.07, 6.45) is 3.93. The van der Waals surface area contributed by atoms with Gasteiger partial charge < -0.3 is 10.2 Å². The SMILES string of the molecule is O=C(NCC(c1cccc(Cl)c1)N1CCCC1)[C@@H]1CCCN1C(=O)c1cccs1. The first-order valence-electron chi connectivity index (χ1n) is 10.2. The number of thiophene rings is 1. The smallest absolute Gasteiger partial charge is 0.264 e. The average Bonchev–Trinajstić information content (AvgIpc) is 3.50. The second-order valence-electron chi connectivity index (χ2n) is 7.69. The predicted molar refractivity (Wildman–Crippen MR) is 116 cm³/mol. The molecule has 2 fully saturated rings. The summed E-state index contributed by atoms with van der Waals surface area (Å²) in [5.74, 6) is -0.0952. The van der Waals surface area contributed by atoms with Gasteiger partial charge in [-0.25, -0.2) is 0 Å². The highest BCUT2D eigenvalue weighted by molar-refractivity contribution is 7.12. The van der Waals surface area contributed by atoms with Crippen molar-refractivity contribution in [2.75, 3.05) is 26.2 Å². The van der Waals surface area contributed by atoms with Crippen LogP contribution in [0.3, 0.4) is 0 Å². The number of benzene rings is 1. The molecule has 1 unspecified atom stereocenters. The van der Waals surface area contributed by atoms with Gasteiger partial charge in [-0.3, -0.25) is 14.5 Å². The van der Waals surface area contributed by atoms with E-state index in [0.717, 1.165) is 25.1 Å². The molecular weight excluding hydrogens is 406 g/mol. The Morgan fingerprint density at radius 2 is 1.97 bits per heavy atom.